The van der Waals surface area contributed by atoms with Gasteiger partial charge in [-0.1, -0.05) is 40.0 Å². The predicted octanol–water partition coefficient (Wildman–Crippen LogP) is 1.02. The molecular weight excluding hydrogens is 536 g/mol. The summed E-state index contributed by atoms with van der Waals surface area (Å²) in [5, 5.41) is 8.69. The van der Waals surface area contributed by atoms with Gasteiger partial charge in [-0.05, 0) is 24.2 Å². The summed E-state index contributed by atoms with van der Waals surface area (Å²) in [6, 6.07) is -2.79. The molecule has 1 aliphatic carbocycles. The number of thioether (sulfide) groups is 1. The molecule has 4 rings (SSSR count). The highest BCUT2D eigenvalue weighted by Gasteiger charge is 2.55. The highest BCUT2D eigenvalue weighted by atomic mass is 32.2. The number of carbonyl (C=O) groups excluding carboxylic acids is 5. The number of likely N-dealkylation sites (tertiary alicyclic amines) is 1. The summed E-state index contributed by atoms with van der Waals surface area (Å²) in [6.45, 7) is 5.60. The van der Waals surface area contributed by atoms with Crippen molar-refractivity contribution in [2.45, 2.75) is 82.3 Å². The molecule has 4 atom stereocenters. The molecule has 0 radical (unpaired) electrons. The lowest BCUT2D eigenvalue weighted by molar-refractivity contribution is -0.153. The van der Waals surface area contributed by atoms with E-state index in [1.54, 1.807) is 0 Å². The van der Waals surface area contributed by atoms with Crippen LogP contribution in [-0.2, 0) is 23.9 Å². The van der Waals surface area contributed by atoms with Gasteiger partial charge in [0.15, 0.2) is 0 Å². The van der Waals surface area contributed by atoms with Crippen molar-refractivity contribution in [2.24, 2.45) is 11.3 Å². The maximum absolute atomic E-state index is 14.1. The molecule has 4 amide bonds. The smallest absolute Gasteiger partial charge is 0.328 e. The van der Waals surface area contributed by atoms with Crippen molar-refractivity contribution in [3.63, 3.8) is 0 Å². The molecule has 0 bridgehead atoms. The second-order valence-electron chi connectivity index (χ2n) is 11.8. The van der Waals surface area contributed by atoms with E-state index >= 15 is 0 Å². The minimum atomic E-state index is -1.01. The molecule has 3 fully saturated rings. The number of hydrogen-bond acceptors (Lipinski definition) is 9. The largest absolute Gasteiger partial charge is 0.467 e. The van der Waals surface area contributed by atoms with E-state index in [0.29, 0.717) is 0 Å². The topological polar surface area (TPSA) is 160 Å². The van der Waals surface area contributed by atoms with Crippen molar-refractivity contribution in [1.29, 1.82) is 0 Å². The van der Waals surface area contributed by atoms with Crippen LogP contribution >= 0.6 is 11.8 Å². The average Bonchev–Trinajstić information content (AvgIpc) is 3.50. The number of ether oxygens (including phenoxy) is 1. The highest BCUT2D eigenvalue weighted by Crippen LogP contribution is 2.41. The summed E-state index contributed by atoms with van der Waals surface area (Å²) >= 11 is 1.37. The van der Waals surface area contributed by atoms with E-state index in [9.17, 15) is 24.0 Å². The molecule has 13 heteroatoms. The van der Waals surface area contributed by atoms with Crippen LogP contribution in [0.3, 0.4) is 0 Å². The van der Waals surface area contributed by atoms with Gasteiger partial charge in [0.25, 0.3) is 5.91 Å². The van der Waals surface area contributed by atoms with Crippen LogP contribution in [0.1, 0.15) is 69.8 Å². The van der Waals surface area contributed by atoms with Crippen molar-refractivity contribution in [3.8, 4) is 0 Å². The fourth-order valence-electron chi connectivity index (χ4n) is 5.72. The third kappa shape index (κ3) is 6.56. The van der Waals surface area contributed by atoms with Crippen LogP contribution in [-0.4, -0.2) is 86.9 Å². The Morgan fingerprint density at radius 2 is 1.88 bits per heavy atom. The molecule has 12 nitrogen and oxygen atoms in total. The lowest BCUT2D eigenvalue weighted by Crippen LogP contribution is -2.61. The van der Waals surface area contributed by atoms with Gasteiger partial charge in [0.1, 0.15) is 28.7 Å². The Kier molecular flexibility index (Phi) is 9.01. The molecule has 0 aromatic carbocycles. The first-order valence-electron chi connectivity index (χ1n) is 13.6. The quantitative estimate of drug-likeness (QED) is 0.404. The molecule has 1 spiro atoms. The minimum Gasteiger partial charge on any atom is -0.467 e. The van der Waals surface area contributed by atoms with Gasteiger partial charge < -0.3 is 25.6 Å². The van der Waals surface area contributed by atoms with Gasteiger partial charge in [0.05, 0.1) is 25.6 Å². The first-order valence-corrected chi connectivity index (χ1v) is 14.6. The van der Waals surface area contributed by atoms with E-state index in [2.05, 4.69) is 25.9 Å². The molecule has 3 heterocycles. The van der Waals surface area contributed by atoms with Crippen molar-refractivity contribution >= 4 is 41.4 Å². The third-order valence-electron chi connectivity index (χ3n) is 7.81. The zero-order valence-corrected chi connectivity index (χ0v) is 24.2. The van der Waals surface area contributed by atoms with E-state index < -0.39 is 52.1 Å². The predicted molar refractivity (Wildman–Crippen MR) is 147 cm³/mol. The summed E-state index contributed by atoms with van der Waals surface area (Å²) in [7, 11) is 1.26. The number of methoxy groups -OCH3 is 1. The maximum atomic E-state index is 14.1. The highest BCUT2D eigenvalue weighted by molar-refractivity contribution is 8.01. The Bertz CT molecular complexity index is 1140. The van der Waals surface area contributed by atoms with E-state index in [1.807, 2.05) is 20.8 Å². The SMILES string of the molecule is COC(=O)[C@@H]1CC2(CN1C(=O)C(NC(=O)[C@@H](NC(=O)c1cnccn1)C1CCCCC1)C(C)(C)C)NC(=O)CS2. The van der Waals surface area contributed by atoms with Crippen LogP contribution in [0.5, 0.6) is 0 Å². The first kappa shape index (κ1) is 29.8. The Morgan fingerprint density at radius 3 is 2.45 bits per heavy atom. The van der Waals surface area contributed by atoms with Crippen molar-refractivity contribution in [3.05, 3.63) is 24.3 Å². The van der Waals surface area contributed by atoms with E-state index in [-0.39, 0.29) is 36.2 Å². The number of esters is 1. The molecule has 3 N–H and O–H groups in total. The van der Waals surface area contributed by atoms with Crippen molar-refractivity contribution in [1.82, 2.24) is 30.8 Å². The molecule has 1 aromatic heterocycles. The van der Waals surface area contributed by atoms with E-state index in [0.717, 1.165) is 32.1 Å². The number of nitrogens with one attached hydrogen (secondary N) is 3. The Morgan fingerprint density at radius 1 is 1.15 bits per heavy atom. The molecule has 3 aliphatic rings. The van der Waals surface area contributed by atoms with Crippen LogP contribution in [0.2, 0.25) is 0 Å². The van der Waals surface area contributed by atoms with E-state index in [4.69, 9.17) is 4.74 Å². The van der Waals surface area contributed by atoms with Crippen LogP contribution in [0.25, 0.3) is 0 Å². The number of hydrogen-bond donors (Lipinski definition) is 3. The summed E-state index contributed by atoms with van der Waals surface area (Å²) in [6.07, 6.45) is 8.90. The van der Waals surface area contributed by atoms with Gasteiger partial charge in [0.2, 0.25) is 17.7 Å². The van der Waals surface area contributed by atoms with Crippen LogP contribution in [0, 0.1) is 11.3 Å². The summed E-state index contributed by atoms with van der Waals surface area (Å²) in [4.78, 5) is 74.3. The number of carbonyl (C=O) groups is 5. The normalized spacial score (nSPS) is 24.8. The molecular formula is C27H38N6O6S. The van der Waals surface area contributed by atoms with Crippen molar-refractivity contribution < 1.29 is 28.7 Å². The second kappa shape index (κ2) is 12.1. The Labute approximate surface area is 238 Å². The number of nitrogens with zero attached hydrogens (tertiary/aromatic N) is 3. The fourth-order valence-corrected chi connectivity index (χ4v) is 6.89. The minimum absolute atomic E-state index is 0.0963. The van der Waals surface area contributed by atoms with E-state index in [1.165, 1.54) is 42.4 Å². The summed E-state index contributed by atoms with van der Waals surface area (Å²) in [5.74, 6) is -2.03. The second-order valence-corrected chi connectivity index (χ2v) is 13.1. The Balaban J connectivity index is 1.58. The van der Waals surface area contributed by atoms with Crippen LogP contribution in [0.15, 0.2) is 18.6 Å². The lowest BCUT2D eigenvalue weighted by Gasteiger charge is -2.37. The monoisotopic (exact) mass is 574 g/mol. The Hall–Kier alpha value is -3.22. The average molecular weight is 575 g/mol. The van der Waals surface area contributed by atoms with Crippen LogP contribution in [0.4, 0.5) is 0 Å². The molecule has 218 valence electrons. The maximum Gasteiger partial charge on any atom is 0.328 e. The van der Waals surface area contributed by atoms with Crippen LogP contribution < -0.4 is 16.0 Å². The molecule has 2 aliphatic heterocycles. The first-order chi connectivity index (χ1) is 18.9. The molecule has 1 aromatic rings. The number of amides is 4. The van der Waals surface area contributed by atoms with Gasteiger partial charge in [-0.3, -0.25) is 24.2 Å². The summed E-state index contributed by atoms with van der Waals surface area (Å²) in [5.41, 5.74) is -0.639. The van der Waals surface area contributed by atoms with Gasteiger partial charge in [-0.25, -0.2) is 9.78 Å². The summed E-state index contributed by atoms with van der Waals surface area (Å²) < 4.78 is 4.99. The number of aromatic nitrogens is 2. The number of rotatable bonds is 7. The third-order valence-corrected chi connectivity index (χ3v) is 9.17. The lowest BCUT2D eigenvalue weighted by atomic mass is 9.82. The van der Waals surface area contributed by atoms with Gasteiger partial charge >= 0.3 is 5.97 Å². The molecule has 2 saturated heterocycles. The zero-order valence-electron chi connectivity index (χ0n) is 23.4. The van der Waals surface area contributed by atoms with Crippen molar-refractivity contribution in [2.75, 3.05) is 19.4 Å². The van der Waals surface area contributed by atoms with Gasteiger partial charge in [-0.15, -0.1) is 11.8 Å². The molecule has 40 heavy (non-hydrogen) atoms. The molecule has 2 unspecified atom stereocenters. The fraction of sp³-hybridized carbons (Fsp3) is 0.667. The zero-order chi connectivity index (χ0) is 29.1. The van der Waals surface area contributed by atoms with Gasteiger partial charge in [-0.2, -0.15) is 0 Å². The molecule has 1 saturated carbocycles. The van der Waals surface area contributed by atoms with Gasteiger partial charge in [0, 0.05) is 18.8 Å². The standard InChI is InChI=1S/C27H38N6O6S/c1-26(2,3)21(24(37)33-15-27(32-19(34)14-40-27)12-18(33)25(38)39-4)31-23(36)20(16-8-6-5-7-9-16)30-22(35)17-13-28-10-11-29-17/h10-11,13,16,18,20-21H,5-9,12,14-15H2,1-4H3,(H,30,35)(H,31,36)(H,32,34)/t18-,20-,21?,27?/m0/s1.